The molecule has 2 aliphatic rings. The Morgan fingerprint density at radius 2 is 2.00 bits per heavy atom. The summed E-state index contributed by atoms with van der Waals surface area (Å²) in [6.07, 6.45) is 4.99. The van der Waals surface area contributed by atoms with E-state index < -0.39 is 0 Å². The van der Waals surface area contributed by atoms with Gasteiger partial charge in [-0.2, -0.15) is 0 Å². The number of carbonyl (C=O) groups is 1. The highest BCUT2D eigenvalue weighted by atomic mass is 19.1. The van der Waals surface area contributed by atoms with Gasteiger partial charge in [0.15, 0.2) is 12.5 Å². The fourth-order valence-electron chi connectivity index (χ4n) is 3.43. The molecule has 0 saturated heterocycles. The van der Waals surface area contributed by atoms with Crippen LogP contribution in [0.3, 0.4) is 0 Å². The number of ether oxygens (including phenoxy) is 2. The number of ketones is 1. The number of fused-ring (bicyclic) bond motifs is 3. The second-order valence-electron chi connectivity index (χ2n) is 6.57. The number of rotatable bonds is 2. The Balaban J connectivity index is 1.51. The second kappa shape index (κ2) is 6.49. The molecular weight excluding hydrogens is 359 g/mol. The number of aromatic nitrogens is 1. The van der Waals surface area contributed by atoms with Crippen LogP contribution in [0, 0.1) is 5.82 Å². The summed E-state index contributed by atoms with van der Waals surface area (Å²) in [5.74, 6) is 0.834. The lowest BCUT2D eigenvalue weighted by Gasteiger charge is -2.31. The van der Waals surface area contributed by atoms with Gasteiger partial charge in [0, 0.05) is 12.4 Å². The van der Waals surface area contributed by atoms with Gasteiger partial charge in [-0.1, -0.05) is 18.2 Å². The number of Topliss-reactive ketones (excluding diaryl/α,β-unsaturated/α-hetero) is 1. The summed E-state index contributed by atoms with van der Waals surface area (Å²) in [7, 11) is 0. The van der Waals surface area contributed by atoms with Gasteiger partial charge < -0.3 is 14.4 Å². The van der Waals surface area contributed by atoms with Crippen molar-refractivity contribution in [2.75, 3.05) is 11.6 Å². The summed E-state index contributed by atoms with van der Waals surface area (Å²) in [5.41, 5.74) is 2.43. The molecule has 5 nitrogen and oxygen atoms in total. The number of hydrogen-bond donors (Lipinski definition) is 0. The van der Waals surface area contributed by atoms with Crippen LogP contribution < -0.4 is 14.4 Å². The van der Waals surface area contributed by atoms with Crippen molar-refractivity contribution < 1.29 is 18.7 Å². The molecule has 5 rings (SSSR count). The van der Waals surface area contributed by atoms with Crippen molar-refractivity contribution in [1.29, 1.82) is 0 Å². The summed E-state index contributed by atoms with van der Waals surface area (Å²) in [6.45, 7) is 0.603. The first-order valence-electron chi connectivity index (χ1n) is 8.83. The molecule has 0 spiro atoms. The van der Waals surface area contributed by atoms with Crippen molar-refractivity contribution in [2.45, 2.75) is 6.54 Å². The number of benzene rings is 2. The van der Waals surface area contributed by atoms with Crippen LogP contribution in [-0.4, -0.2) is 17.5 Å². The largest absolute Gasteiger partial charge is 0.473 e. The second-order valence-corrected chi connectivity index (χ2v) is 6.57. The SMILES string of the molecule is O=C1C(=Cc2cccnc2)Oc2c1ccc1c2CN(c2ccccc2F)CO1. The van der Waals surface area contributed by atoms with Crippen molar-refractivity contribution in [1.82, 2.24) is 4.98 Å². The molecule has 0 unspecified atom stereocenters. The van der Waals surface area contributed by atoms with Crippen molar-refractivity contribution in [3.05, 3.63) is 89.2 Å². The number of nitrogens with zero attached hydrogens (tertiary/aromatic N) is 2. The van der Waals surface area contributed by atoms with Gasteiger partial charge in [-0.05, 0) is 42.0 Å². The monoisotopic (exact) mass is 374 g/mol. The number of anilines is 1. The van der Waals surface area contributed by atoms with Gasteiger partial charge in [-0.25, -0.2) is 4.39 Å². The molecule has 0 fully saturated rings. The van der Waals surface area contributed by atoms with Crippen LogP contribution in [0.4, 0.5) is 10.1 Å². The van der Waals surface area contributed by atoms with Gasteiger partial charge in [-0.3, -0.25) is 9.78 Å². The molecule has 138 valence electrons. The summed E-state index contributed by atoms with van der Waals surface area (Å²) in [5, 5.41) is 0. The van der Waals surface area contributed by atoms with E-state index in [4.69, 9.17) is 9.47 Å². The van der Waals surface area contributed by atoms with Crippen LogP contribution in [0.25, 0.3) is 6.08 Å². The third-order valence-corrected chi connectivity index (χ3v) is 4.80. The molecule has 0 N–H and O–H groups in total. The Morgan fingerprint density at radius 3 is 2.82 bits per heavy atom. The third-order valence-electron chi connectivity index (χ3n) is 4.80. The maximum Gasteiger partial charge on any atom is 0.231 e. The predicted octanol–water partition coefficient (Wildman–Crippen LogP) is 4.19. The van der Waals surface area contributed by atoms with Gasteiger partial charge in [0.25, 0.3) is 0 Å². The van der Waals surface area contributed by atoms with E-state index in [-0.39, 0.29) is 24.1 Å². The molecule has 2 aromatic carbocycles. The Morgan fingerprint density at radius 1 is 1.11 bits per heavy atom. The molecule has 0 bridgehead atoms. The standard InChI is InChI=1S/C22H15FN2O3/c23-17-5-1-2-6-18(17)25-12-16-19(27-13-25)8-7-15-21(26)20(28-22(15)16)10-14-4-3-9-24-11-14/h1-11H,12-13H2. The normalized spacial score (nSPS) is 16.4. The van der Waals surface area contributed by atoms with E-state index in [1.807, 2.05) is 6.07 Å². The van der Waals surface area contributed by atoms with Crippen LogP contribution in [0.5, 0.6) is 11.5 Å². The molecule has 0 aliphatic carbocycles. The van der Waals surface area contributed by atoms with E-state index in [1.165, 1.54) is 6.07 Å². The lowest BCUT2D eigenvalue weighted by atomic mass is 10.0. The molecule has 1 aromatic heterocycles. The first-order chi connectivity index (χ1) is 13.7. The van der Waals surface area contributed by atoms with Gasteiger partial charge in [0.1, 0.15) is 17.3 Å². The molecule has 0 saturated carbocycles. The Hall–Kier alpha value is -3.67. The number of pyridine rings is 1. The van der Waals surface area contributed by atoms with E-state index in [1.54, 1.807) is 59.8 Å². The Labute approximate surface area is 160 Å². The van der Waals surface area contributed by atoms with E-state index >= 15 is 0 Å². The average molecular weight is 374 g/mol. The zero-order valence-electron chi connectivity index (χ0n) is 14.8. The Bertz CT molecular complexity index is 1110. The number of hydrogen-bond acceptors (Lipinski definition) is 5. The highest BCUT2D eigenvalue weighted by molar-refractivity contribution is 6.15. The quantitative estimate of drug-likeness (QED) is 0.630. The molecule has 0 amide bonds. The lowest BCUT2D eigenvalue weighted by Crippen LogP contribution is -2.32. The van der Waals surface area contributed by atoms with Crippen LogP contribution in [0.2, 0.25) is 0 Å². The molecule has 3 heterocycles. The van der Waals surface area contributed by atoms with Crippen molar-refractivity contribution in [2.24, 2.45) is 0 Å². The van der Waals surface area contributed by atoms with Crippen LogP contribution in [0.1, 0.15) is 21.5 Å². The van der Waals surface area contributed by atoms with Crippen molar-refractivity contribution in [3.63, 3.8) is 0 Å². The fourth-order valence-corrected chi connectivity index (χ4v) is 3.43. The highest BCUT2D eigenvalue weighted by Gasteiger charge is 2.34. The van der Waals surface area contributed by atoms with Gasteiger partial charge in [0.05, 0.1) is 23.4 Å². The zero-order valence-corrected chi connectivity index (χ0v) is 14.8. The fraction of sp³-hybridized carbons (Fsp3) is 0.0909. The predicted molar refractivity (Wildman–Crippen MR) is 102 cm³/mol. The number of allylic oxidation sites excluding steroid dienone is 1. The van der Waals surface area contributed by atoms with Gasteiger partial charge in [-0.15, -0.1) is 0 Å². The summed E-state index contributed by atoms with van der Waals surface area (Å²) in [6, 6.07) is 13.6. The minimum absolute atomic E-state index is 0.190. The molecule has 0 atom stereocenters. The molecule has 0 radical (unpaired) electrons. The van der Waals surface area contributed by atoms with E-state index in [2.05, 4.69) is 4.98 Å². The maximum absolute atomic E-state index is 14.2. The number of para-hydroxylation sites is 1. The molecule has 3 aromatic rings. The van der Waals surface area contributed by atoms with E-state index in [9.17, 15) is 9.18 Å². The number of carbonyl (C=O) groups excluding carboxylic acids is 1. The third kappa shape index (κ3) is 2.70. The number of halogens is 1. The first-order valence-corrected chi connectivity index (χ1v) is 8.83. The molecule has 28 heavy (non-hydrogen) atoms. The minimum atomic E-state index is -0.323. The van der Waals surface area contributed by atoms with Gasteiger partial charge in [0.2, 0.25) is 5.78 Å². The summed E-state index contributed by atoms with van der Waals surface area (Å²) in [4.78, 5) is 18.6. The summed E-state index contributed by atoms with van der Waals surface area (Å²) < 4.78 is 25.9. The lowest BCUT2D eigenvalue weighted by molar-refractivity contribution is 0.101. The molecule has 6 heteroatoms. The van der Waals surface area contributed by atoms with Gasteiger partial charge >= 0.3 is 0 Å². The van der Waals surface area contributed by atoms with Crippen molar-refractivity contribution >= 4 is 17.5 Å². The van der Waals surface area contributed by atoms with Crippen LogP contribution >= 0.6 is 0 Å². The van der Waals surface area contributed by atoms with E-state index in [0.717, 1.165) is 11.1 Å². The zero-order chi connectivity index (χ0) is 19.1. The van der Waals surface area contributed by atoms with E-state index in [0.29, 0.717) is 29.3 Å². The maximum atomic E-state index is 14.2. The minimum Gasteiger partial charge on any atom is -0.473 e. The molecule has 2 aliphatic heterocycles. The highest BCUT2D eigenvalue weighted by Crippen LogP contribution is 2.42. The summed E-state index contributed by atoms with van der Waals surface area (Å²) >= 11 is 0. The topological polar surface area (TPSA) is 51.7 Å². The van der Waals surface area contributed by atoms with Crippen molar-refractivity contribution in [3.8, 4) is 11.5 Å². The molecular formula is C22H15FN2O3. The smallest absolute Gasteiger partial charge is 0.231 e. The Kier molecular flexibility index (Phi) is 3.83. The first kappa shape index (κ1) is 16.5. The van der Waals surface area contributed by atoms with Crippen LogP contribution in [0.15, 0.2) is 66.7 Å². The van der Waals surface area contributed by atoms with Crippen LogP contribution in [-0.2, 0) is 6.54 Å². The average Bonchev–Trinajstić information content (AvgIpc) is 3.05.